The summed E-state index contributed by atoms with van der Waals surface area (Å²) in [6.07, 6.45) is 4.39. The van der Waals surface area contributed by atoms with E-state index in [4.69, 9.17) is 4.74 Å². The van der Waals surface area contributed by atoms with Gasteiger partial charge in [-0.15, -0.1) is 0 Å². The van der Waals surface area contributed by atoms with Gasteiger partial charge in [0.2, 0.25) is 5.91 Å². The maximum absolute atomic E-state index is 11.5. The lowest BCUT2D eigenvalue weighted by atomic mass is 9.85. The third kappa shape index (κ3) is 2.61. The molecule has 0 heterocycles. The molecule has 0 bridgehead atoms. The summed E-state index contributed by atoms with van der Waals surface area (Å²) >= 11 is 0. The average molecular weight is 248 g/mol. The van der Waals surface area contributed by atoms with Crippen molar-refractivity contribution in [2.45, 2.75) is 19.3 Å². The Morgan fingerprint density at radius 2 is 2.33 bits per heavy atom. The predicted molar refractivity (Wildman–Crippen MR) is 67.7 cm³/mol. The molecule has 0 saturated heterocycles. The van der Waals surface area contributed by atoms with Gasteiger partial charge < -0.3 is 9.84 Å². The summed E-state index contributed by atoms with van der Waals surface area (Å²) in [6, 6.07) is 5.09. The zero-order valence-corrected chi connectivity index (χ0v) is 10.2. The fraction of sp³-hybridized carbons (Fsp3) is 0.385. The first-order valence-corrected chi connectivity index (χ1v) is 5.91. The van der Waals surface area contributed by atoms with Crippen LogP contribution in [-0.4, -0.2) is 24.3 Å². The Morgan fingerprint density at radius 3 is 2.94 bits per heavy atom. The van der Waals surface area contributed by atoms with Gasteiger partial charge in [0.25, 0.3) is 0 Å². The van der Waals surface area contributed by atoms with E-state index in [1.165, 1.54) is 13.3 Å². The van der Waals surface area contributed by atoms with Crippen molar-refractivity contribution in [3.63, 3.8) is 0 Å². The van der Waals surface area contributed by atoms with Crippen molar-refractivity contribution in [1.29, 1.82) is 0 Å². The molecule has 18 heavy (non-hydrogen) atoms. The van der Waals surface area contributed by atoms with E-state index in [9.17, 15) is 9.90 Å². The fourth-order valence-electron chi connectivity index (χ4n) is 1.74. The number of carbonyl (C=O) groups excluding carboxylic acids is 1. The van der Waals surface area contributed by atoms with Crippen LogP contribution in [0.5, 0.6) is 11.5 Å². The largest absolute Gasteiger partial charge is 0.504 e. The molecule has 2 N–H and O–H groups in total. The Kier molecular flexibility index (Phi) is 3.82. The van der Waals surface area contributed by atoms with Crippen molar-refractivity contribution in [3.8, 4) is 11.5 Å². The molecule has 1 aromatic rings. The molecule has 5 heteroatoms. The van der Waals surface area contributed by atoms with Gasteiger partial charge in [0.1, 0.15) is 0 Å². The monoisotopic (exact) mass is 248 g/mol. The second kappa shape index (κ2) is 5.53. The molecule has 2 rings (SSSR count). The summed E-state index contributed by atoms with van der Waals surface area (Å²) < 4.78 is 4.98. The van der Waals surface area contributed by atoms with E-state index in [0.29, 0.717) is 11.3 Å². The number of hydrogen-bond acceptors (Lipinski definition) is 4. The number of aromatic hydroxyl groups is 1. The van der Waals surface area contributed by atoms with Crippen LogP contribution in [0.3, 0.4) is 0 Å². The third-order valence-electron chi connectivity index (χ3n) is 3.10. The average Bonchev–Trinajstić information content (AvgIpc) is 2.29. The van der Waals surface area contributed by atoms with Crippen molar-refractivity contribution < 1.29 is 14.6 Å². The van der Waals surface area contributed by atoms with Crippen LogP contribution >= 0.6 is 0 Å². The van der Waals surface area contributed by atoms with Crippen LogP contribution in [0.15, 0.2) is 23.3 Å². The Bertz CT molecular complexity index is 467. The van der Waals surface area contributed by atoms with E-state index < -0.39 is 0 Å². The highest BCUT2D eigenvalue weighted by Gasteiger charge is 2.24. The molecular weight excluding hydrogens is 232 g/mol. The molecule has 1 fully saturated rings. The van der Waals surface area contributed by atoms with E-state index in [2.05, 4.69) is 10.5 Å². The zero-order valence-electron chi connectivity index (χ0n) is 10.2. The number of hydrogen-bond donors (Lipinski definition) is 2. The van der Waals surface area contributed by atoms with Gasteiger partial charge in [0.15, 0.2) is 11.5 Å². The zero-order chi connectivity index (χ0) is 13.0. The second-order valence-corrected chi connectivity index (χ2v) is 4.26. The molecule has 0 unspecified atom stereocenters. The van der Waals surface area contributed by atoms with Crippen molar-refractivity contribution >= 4 is 12.1 Å². The SMILES string of the molecule is COc1cccc(/C=N/NC(=O)C2CCC2)c1O. The number of rotatable bonds is 4. The fourth-order valence-corrected chi connectivity index (χ4v) is 1.74. The minimum atomic E-state index is -0.0557. The maximum atomic E-state index is 11.5. The lowest BCUT2D eigenvalue weighted by Gasteiger charge is -2.22. The number of nitrogens with zero attached hydrogens (tertiary/aromatic N) is 1. The molecule has 1 aliphatic carbocycles. The van der Waals surface area contributed by atoms with E-state index in [1.807, 2.05) is 0 Å². The van der Waals surface area contributed by atoms with Crippen molar-refractivity contribution in [2.75, 3.05) is 7.11 Å². The number of phenolic OH excluding ortho intramolecular Hbond substituents is 1. The summed E-state index contributed by atoms with van der Waals surface area (Å²) in [6.45, 7) is 0. The highest BCUT2D eigenvalue weighted by molar-refractivity contribution is 5.86. The Hall–Kier alpha value is -2.04. The third-order valence-corrected chi connectivity index (χ3v) is 3.10. The van der Waals surface area contributed by atoms with Gasteiger partial charge >= 0.3 is 0 Å². The normalized spacial score (nSPS) is 15.4. The molecule has 1 aliphatic rings. The molecule has 0 radical (unpaired) electrons. The molecule has 0 aliphatic heterocycles. The maximum Gasteiger partial charge on any atom is 0.243 e. The number of carbonyl (C=O) groups is 1. The Labute approximate surface area is 105 Å². The summed E-state index contributed by atoms with van der Waals surface area (Å²) in [5.41, 5.74) is 2.98. The van der Waals surface area contributed by atoms with Crippen molar-refractivity contribution in [1.82, 2.24) is 5.43 Å². The molecule has 0 aromatic heterocycles. The first-order chi connectivity index (χ1) is 8.72. The molecule has 0 atom stereocenters. The van der Waals surface area contributed by atoms with Gasteiger partial charge in [-0.2, -0.15) is 5.10 Å². The van der Waals surface area contributed by atoms with Crippen LogP contribution < -0.4 is 10.2 Å². The quantitative estimate of drug-likeness (QED) is 0.628. The number of hydrazone groups is 1. The van der Waals surface area contributed by atoms with Crippen LogP contribution in [0, 0.1) is 5.92 Å². The smallest absolute Gasteiger partial charge is 0.243 e. The molecule has 1 amide bonds. The van der Waals surface area contributed by atoms with Crippen LogP contribution in [0.2, 0.25) is 0 Å². The lowest BCUT2D eigenvalue weighted by Crippen LogP contribution is -2.31. The van der Waals surface area contributed by atoms with Gasteiger partial charge in [-0.1, -0.05) is 12.5 Å². The van der Waals surface area contributed by atoms with Gasteiger partial charge in [0, 0.05) is 11.5 Å². The Morgan fingerprint density at radius 1 is 1.56 bits per heavy atom. The van der Waals surface area contributed by atoms with Crippen LogP contribution in [0.4, 0.5) is 0 Å². The second-order valence-electron chi connectivity index (χ2n) is 4.26. The van der Waals surface area contributed by atoms with E-state index in [1.54, 1.807) is 18.2 Å². The van der Waals surface area contributed by atoms with Gasteiger partial charge in [-0.25, -0.2) is 5.43 Å². The highest BCUT2D eigenvalue weighted by Crippen LogP contribution is 2.28. The van der Waals surface area contributed by atoms with Crippen LogP contribution in [0.1, 0.15) is 24.8 Å². The predicted octanol–water partition coefficient (Wildman–Crippen LogP) is 1.65. The molecular formula is C13H16N2O3. The molecule has 5 nitrogen and oxygen atoms in total. The molecule has 96 valence electrons. The number of para-hydroxylation sites is 1. The first kappa shape index (κ1) is 12.4. The highest BCUT2D eigenvalue weighted by atomic mass is 16.5. The molecule has 1 aromatic carbocycles. The van der Waals surface area contributed by atoms with Crippen LogP contribution in [-0.2, 0) is 4.79 Å². The topological polar surface area (TPSA) is 70.9 Å². The van der Waals surface area contributed by atoms with Crippen LogP contribution in [0.25, 0.3) is 0 Å². The Balaban J connectivity index is 1.98. The minimum Gasteiger partial charge on any atom is -0.504 e. The molecule has 0 spiro atoms. The minimum absolute atomic E-state index is 0.0154. The van der Waals surface area contributed by atoms with Gasteiger partial charge in [-0.05, 0) is 25.0 Å². The molecule has 1 saturated carbocycles. The number of phenols is 1. The number of benzene rings is 1. The number of methoxy groups -OCH3 is 1. The van der Waals surface area contributed by atoms with Crippen molar-refractivity contribution in [2.24, 2.45) is 11.0 Å². The summed E-state index contributed by atoms with van der Waals surface area (Å²) in [5.74, 6) is 0.437. The van der Waals surface area contributed by atoms with Gasteiger partial charge in [-0.3, -0.25) is 4.79 Å². The van der Waals surface area contributed by atoms with Crippen molar-refractivity contribution in [3.05, 3.63) is 23.8 Å². The lowest BCUT2D eigenvalue weighted by molar-refractivity contribution is -0.127. The van der Waals surface area contributed by atoms with E-state index in [-0.39, 0.29) is 17.6 Å². The number of amides is 1. The number of nitrogens with one attached hydrogen (secondary N) is 1. The summed E-state index contributed by atoms with van der Waals surface area (Å²) in [4.78, 5) is 11.5. The summed E-state index contributed by atoms with van der Waals surface area (Å²) in [5, 5.41) is 13.6. The number of ether oxygens (including phenoxy) is 1. The van der Waals surface area contributed by atoms with E-state index in [0.717, 1.165) is 19.3 Å². The van der Waals surface area contributed by atoms with E-state index >= 15 is 0 Å². The first-order valence-electron chi connectivity index (χ1n) is 5.91. The standard InChI is InChI=1S/C13H16N2O3/c1-18-11-7-3-6-10(12(11)16)8-14-15-13(17)9-4-2-5-9/h3,6-9,16H,2,4-5H2,1H3,(H,15,17)/b14-8+. The summed E-state index contributed by atoms with van der Waals surface area (Å²) in [7, 11) is 1.48. The van der Waals surface area contributed by atoms with Gasteiger partial charge in [0.05, 0.1) is 13.3 Å².